The molecule has 0 bridgehead atoms. The predicted octanol–water partition coefficient (Wildman–Crippen LogP) is 5.70. The van der Waals surface area contributed by atoms with E-state index in [0.29, 0.717) is 12.7 Å². The average molecular weight is 316 g/mol. The lowest BCUT2D eigenvalue weighted by Gasteiger charge is -2.05. The summed E-state index contributed by atoms with van der Waals surface area (Å²) >= 11 is 0. The lowest BCUT2D eigenvalue weighted by molar-refractivity contribution is 0.263. The van der Waals surface area contributed by atoms with Crippen LogP contribution in [0.25, 0.3) is 0 Å². The lowest BCUT2D eigenvalue weighted by Crippen LogP contribution is -2.04. The molecule has 128 valence electrons. The van der Waals surface area contributed by atoms with Gasteiger partial charge in [0.1, 0.15) is 18.5 Å². The monoisotopic (exact) mass is 316 g/mol. The highest BCUT2D eigenvalue weighted by atomic mass is 16.6. The molecule has 1 fully saturated rings. The van der Waals surface area contributed by atoms with Crippen molar-refractivity contribution in [3.8, 4) is 5.75 Å². The number of benzene rings is 1. The minimum Gasteiger partial charge on any atom is -0.491 e. The van der Waals surface area contributed by atoms with E-state index >= 15 is 0 Å². The first-order chi connectivity index (χ1) is 11.4. The van der Waals surface area contributed by atoms with Gasteiger partial charge >= 0.3 is 0 Å². The maximum Gasteiger partial charge on any atom is 0.119 e. The van der Waals surface area contributed by atoms with E-state index in [0.717, 1.165) is 18.8 Å². The van der Waals surface area contributed by atoms with Gasteiger partial charge < -0.3 is 9.47 Å². The first kappa shape index (κ1) is 18.1. The van der Waals surface area contributed by atoms with Crippen LogP contribution in [-0.2, 0) is 11.2 Å². The van der Waals surface area contributed by atoms with Crippen LogP contribution >= 0.6 is 0 Å². The number of hydrogen-bond acceptors (Lipinski definition) is 2. The van der Waals surface area contributed by atoms with E-state index in [1.165, 1.54) is 56.9 Å². The Morgan fingerprint density at radius 1 is 1.09 bits per heavy atom. The second-order valence-corrected chi connectivity index (χ2v) is 6.50. The first-order valence-electron chi connectivity index (χ1n) is 9.37. The third kappa shape index (κ3) is 8.80. The zero-order chi connectivity index (χ0) is 16.2. The summed E-state index contributed by atoms with van der Waals surface area (Å²) in [5.74, 6) is 0.957. The number of rotatable bonds is 13. The second-order valence-electron chi connectivity index (χ2n) is 6.50. The Labute approximate surface area is 141 Å². The minimum absolute atomic E-state index is 0.320. The van der Waals surface area contributed by atoms with Crippen LogP contribution in [0, 0.1) is 0 Å². The number of allylic oxidation sites excluding steroid dienone is 2. The van der Waals surface area contributed by atoms with Crippen LogP contribution in [0.15, 0.2) is 36.4 Å². The highest BCUT2D eigenvalue weighted by Crippen LogP contribution is 2.17. The van der Waals surface area contributed by atoms with Crippen molar-refractivity contribution in [1.29, 1.82) is 0 Å². The Morgan fingerprint density at radius 2 is 1.87 bits per heavy atom. The van der Waals surface area contributed by atoms with Crippen molar-refractivity contribution in [2.75, 3.05) is 13.2 Å². The van der Waals surface area contributed by atoms with Crippen LogP contribution in [-0.4, -0.2) is 19.3 Å². The molecule has 1 aliphatic heterocycles. The average Bonchev–Trinajstić information content (AvgIpc) is 3.39. The SMILES string of the molecule is CCCCCCCCC/C=C/Cc1cccc(OCC2CO2)c1. The first-order valence-corrected chi connectivity index (χ1v) is 9.37. The van der Waals surface area contributed by atoms with Gasteiger partial charge in [-0.15, -0.1) is 0 Å². The van der Waals surface area contributed by atoms with Crippen molar-refractivity contribution >= 4 is 0 Å². The van der Waals surface area contributed by atoms with Gasteiger partial charge in [-0.3, -0.25) is 0 Å². The van der Waals surface area contributed by atoms with E-state index in [1.54, 1.807) is 0 Å². The van der Waals surface area contributed by atoms with Gasteiger partial charge in [-0.2, -0.15) is 0 Å². The van der Waals surface area contributed by atoms with E-state index in [1.807, 2.05) is 6.07 Å². The summed E-state index contributed by atoms with van der Waals surface area (Å²) in [5, 5.41) is 0. The fourth-order valence-corrected chi connectivity index (χ4v) is 2.67. The molecule has 1 heterocycles. The summed E-state index contributed by atoms with van der Waals surface area (Å²) in [4.78, 5) is 0. The Balaban J connectivity index is 1.53. The van der Waals surface area contributed by atoms with Gasteiger partial charge in [0.05, 0.1) is 6.61 Å². The Bertz CT molecular complexity index is 449. The number of epoxide rings is 1. The summed E-state index contributed by atoms with van der Waals surface area (Å²) in [5.41, 5.74) is 1.31. The maximum absolute atomic E-state index is 5.72. The summed E-state index contributed by atoms with van der Waals surface area (Å²) in [6.45, 7) is 3.80. The summed E-state index contributed by atoms with van der Waals surface area (Å²) < 4.78 is 10.9. The van der Waals surface area contributed by atoms with Crippen LogP contribution < -0.4 is 4.74 Å². The molecular weight excluding hydrogens is 284 g/mol. The van der Waals surface area contributed by atoms with E-state index in [2.05, 4.69) is 37.3 Å². The molecule has 0 amide bonds. The normalized spacial score (nSPS) is 16.8. The van der Waals surface area contributed by atoms with Crippen LogP contribution in [0.4, 0.5) is 0 Å². The molecule has 1 aliphatic rings. The van der Waals surface area contributed by atoms with Gasteiger partial charge in [0.2, 0.25) is 0 Å². The van der Waals surface area contributed by atoms with Gasteiger partial charge in [-0.05, 0) is 37.0 Å². The highest BCUT2D eigenvalue weighted by Gasteiger charge is 2.22. The molecule has 2 nitrogen and oxygen atoms in total. The highest BCUT2D eigenvalue weighted by molar-refractivity contribution is 5.29. The maximum atomic E-state index is 5.72. The lowest BCUT2D eigenvalue weighted by atomic mass is 10.1. The van der Waals surface area contributed by atoms with Crippen LogP contribution in [0.3, 0.4) is 0 Å². The van der Waals surface area contributed by atoms with Crippen molar-refractivity contribution in [1.82, 2.24) is 0 Å². The molecule has 1 saturated heterocycles. The molecule has 2 rings (SSSR count). The standard InChI is InChI=1S/C21H32O2/c1-2-3-4-5-6-7-8-9-10-11-13-19-14-12-15-20(16-19)22-17-21-18-23-21/h10-12,14-16,21H,2-9,13,17-18H2,1H3/b11-10+. The fourth-order valence-electron chi connectivity index (χ4n) is 2.67. The molecule has 1 aromatic rings. The molecule has 2 heteroatoms. The summed E-state index contributed by atoms with van der Waals surface area (Å²) in [6, 6.07) is 8.40. The van der Waals surface area contributed by atoms with Crippen molar-refractivity contribution in [3.63, 3.8) is 0 Å². The Kier molecular flexibility index (Phi) is 8.86. The molecular formula is C21H32O2. The smallest absolute Gasteiger partial charge is 0.119 e. The third-order valence-corrected chi connectivity index (χ3v) is 4.23. The largest absolute Gasteiger partial charge is 0.491 e. The Morgan fingerprint density at radius 3 is 2.65 bits per heavy atom. The molecule has 1 aromatic carbocycles. The van der Waals surface area contributed by atoms with Gasteiger partial charge in [0, 0.05) is 0 Å². The number of hydrogen-bond donors (Lipinski definition) is 0. The second kappa shape index (κ2) is 11.3. The molecule has 0 aromatic heterocycles. The molecule has 0 aliphatic carbocycles. The summed E-state index contributed by atoms with van der Waals surface area (Å²) in [7, 11) is 0. The molecule has 1 atom stereocenters. The van der Waals surface area contributed by atoms with Crippen LogP contribution in [0.1, 0.15) is 63.9 Å². The van der Waals surface area contributed by atoms with E-state index in [-0.39, 0.29) is 0 Å². The Hall–Kier alpha value is -1.28. The molecule has 0 N–H and O–H groups in total. The molecule has 0 radical (unpaired) electrons. The van der Waals surface area contributed by atoms with Crippen molar-refractivity contribution in [2.45, 2.75) is 70.8 Å². The molecule has 1 unspecified atom stereocenters. The topological polar surface area (TPSA) is 21.8 Å². The summed E-state index contributed by atoms with van der Waals surface area (Å²) in [6.07, 6.45) is 16.8. The van der Waals surface area contributed by atoms with E-state index in [9.17, 15) is 0 Å². The van der Waals surface area contributed by atoms with Gasteiger partial charge in [0.15, 0.2) is 0 Å². The van der Waals surface area contributed by atoms with Crippen molar-refractivity contribution in [2.24, 2.45) is 0 Å². The van der Waals surface area contributed by atoms with E-state index < -0.39 is 0 Å². The molecule has 0 spiro atoms. The molecule has 0 saturated carbocycles. The third-order valence-electron chi connectivity index (χ3n) is 4.23. The van der Waals surface area contributed by atoms with Crippen LogP contribution in [0.2, 0.25) is 0 Å². The van der Waals surface area contributed by atoms with Crippen molar-refractivity contribution in [3.05, 3.63) is 42.0 Å². The van der Waals surface area contributed by atoms with Crippen molar-refractivity contribution < 1.29 is 9.47 Å². The van der Waals surface area contributed by atoms with E-state index in [4.69, 9.17) is 9.47 Å². The van der Waals surface area contributed by atoms with Gasteiger partial charge in [0.25, 0.3) is 0 Å². The van der Waals surface area contributed by atoms with Gasteiger partial charge in [-0.25, -0.2) is 0 Å². The van der Waals surface area contributed by atoms with Gasteiger partial charge in [-0.1, -0.05) is 69.7 Å². The molecule has 23 heavy (non-hydrogen) atoms. The quantitative estimate of drug-likeness (QED) is 0.264. The zero-order valence-corrected chi connectivity index (χ0v) is 14.6. The number of ether oxygens (including phenoxy) is 2. The zero-order valence-electron chi connectivity index (χ0n) is 14.6. The predicted molar refractivity (Wildman–Crippen MR) is 97.1 cm³/mol. The fraction of sp³-hybridized carbons (Fsp3) is 0.619. The minimum atomic E-state index is 0.320. The number of unbranched alkanes of at least 4 members (excludes halogenated alkanes) is 7. The van der Waals surface area contributed by atoms with Crippen LogP contribution in [0.5, 0.6) is 5.75 Å².